The van der Waals surface area contributed by atoms with Gasteiger partial charge in [0.05, 0.1) is 12.6 Å². The van der Waals surface area contributed by atoms with Crippen molar-refractivity contribution in [3.8, 4) is 16.9 Å². The molecule has 2 aromatic carbocycles. The van der Waals surface area contributed by atoms with Crippen molar-refractivity contribution in [2.24, 2.45) is 4.99 Å². The monoisotopic (exact) mass is 523 g/mol. The Bertz CT molecular complexity index is 762. The summed E-state index contributed by atoms with van der Waals surface area (Å²) < 4.78 is 11.8. The molecule has 3 rings (SSSR count). The molecule has 30 heavy (non-hydrogen) atoms. The van der Waals surface area contributed by atoms with Crippen molar-refractivity contribution in [1.82, 2.24) is 10.2 Å². The first kappa shape index (κ1) is 24.5. The molecule has 1 fully saturated rings. The van der Waals surface area contributed by atoms with Crippen LogP contribution in [0.25, 0.3) is 11.1 Å². The van der Waals surface area contributed by atoms with E-state index in [-0.39, 0.29) is 24.0 Å². The second-order valence-electron chi connectivity index (χ2n) is 7.09. The molecule has 0 spiro atoms. The molecule has 164 valence electrons. The van der Waals surface area contributed by atoms with Crippen LogP contribution in [-0.4, -0.2) is 56.4 Å². The van der Waals surface area contributed by atoms with Crippen molar-refractivity contribution in [2.45, 2.75) is 32.8 Å². The fourth-order valence-electron chi connectivity index (χ4n) is 3.65. The molecule has 1 saturated heterocycles. The van der Waals surface area contributed by atoms with Gasteiger partial charge in [0.2, 0.25) is 0 Å². The van der Waals surface area contributed by atoms with Gasteiger partial charge in [-0.1, -0.05) is 48.5 Å². The van der Waals surface area contributed by atoms with Gasteiger partial charge in [-0.2, -0.15) is 0 Å². The van der Waals surface area contributed by atoms with Gasteiger partial charge < -0.3 is 19.7 Å². The van der Waals surface area contributed by atoms with Crippen LogP contribution in [0.3, 0.4) is 0 Å². The number of benzene rings is 2. The van der Waals surface area contributed by atoms with Gasteiger partial charge in [0.1, 0.15) is 12.4 Å². The van der Waals surface area contributed by atoms with Crippen LogP contribution in [-0.2, 0) is 4.74 Å². The SMILES string of the molecule is CCNC(=NCCOc1ccccc1-c1ccccc1)N1CCC(OCC)CC1.I. The van der Waals surface area contributed by atoms with Crippen molar-refractivity contribution in [1.29, 1.82) is 0 Å². The average Bonchev–Trinajstić information content (AvgIpc) is 2.78. The highest BCUT2D eigenvalue weighted by Crippen LogP contribution is 2.29. The topological polar surface area (TPSA) is 46.1 Å². The van der Waals surface area contributed by atoms with Gasteiger partial charge in [-0.15, -0.1) is 24.0 Å². The van der Waals surface area contributed by atoms with Gasteiger partial charge in [0, 0.05) is 31.8 Å². The first-order valence-corrected chi connectivity index (χ1v) is 10.7. The Balaban J connectivity index is 0.00000320. The van der Waals surface area contributed by atoms with E-state index in [0.717, 1.165) is 61.9 Å². The van der Waals surface area contributed by atoms with E-state index in [9.17, 15) is 0 Å². The predicted molar refractivity (Wildman–Crippen MR) is 135 cm³/mol. The summed E-state index contributed by atoms with van der Waals surface area (Å²) in [6.07, 6.45) is 2.50. The Labute approximate surface area is 197 Å². The van der Waals surface area contributed by atoms with Gasteiger partial charge in [-0.25, -0.2) is 4.99 Å². The average molecular weight is 523 g/mol. The Hall–Kier alpha value is -1.80. The van der Waals surface area contributed by atoms with Gasteiger partial charge in [0.15, 0.2) is 5.96 Å². The summed E-state index contributed by atoms with van der Waals surface area (Å²) in [5.41, 5.74) is 2.28. The molecule has 0 saturated carbocycles. The Morgan fingerprint density at radius 3 is 2.43 bits per heavy atom. The summed E-state index contributed by atoms with van der Waals surface area (Å²) in [7, 11) is 0. The Kier molecular flexibility index (Phi) is 11.0. The number of rotatable bonds is 8. The number of hydrogen-bond donors (Lipinski definition) is 1. The molecule has 0 aromatic heterocycles. The molecule has 2 aromatic rings. The summed E-state index contributed by atoms with van der Waals surface area (Å²) in [5, 5.41) is 3.41. The summed E-state index contributed by atoms with van der Waals surface area (Å²) in [6.45, 7) is 8.96. The molecule has 0 aliphatic carbocycles. The molecule has 0 bridgehead atoms. The molecule has 6 heteroatoms. The fourth-order valence-corrected chi connectivity index (χ4v) is 3.65. The second kappa shape index (κ2) is 13.5. The first-order valence-electron chi connectivity index (χ1n) is 10.7. The highest BCUT2D eigenvalue weighted by molar-refractivity contribution is 14.0. The van der Waals surface area contributed by atoms with Crippen molar-refractivity contribution in [3.05, 3.63) is 54.6 Å². The quantitative estimate of drug-likeness (QED) is 0.233. The van der Waals surface area contributed by atoms with Gasteiger partial charge in [-0.3, -0.25) is 0 Å². The lowest BCUT2D eigenvalue weighted by molar-refractivity contribution is 0.0263. The third-order valence-electron chi connectivity index (χ3n) is 5.06. The highest BCUT2D eigenvalue weighted by Gasteiger charge is 2.21. The lowest BCUT2D eigenvalue weighted by Crippen LogP contribution is -2.47. The number of aliphatic imine (C=N–C) groups is 1. The van der Waals surface area contributed by atoms with Gasteiger partial charge in [0.25, 0.3) is 0 Å². The molecule has 0 amide bonds. The lowest BCUT2D eigenvalue weighted by atomic mass is 10.1. The molecule has 0 atom stereocenters. The van der Waals surface area contributed by atoms with E-state index in [1.165, 1.54) is 0 Å². The molecular weight excluding hydrogens is 489 g/mol. The number of halogens is 1. The predicted octanol–water partition coefficient (Wildman–Crippen LogP) is 4.82. The molecule has 0 unspecified atom stereocenters. The smallest absolute Gasteiger partial charge is 0.194 e. The molecule has 0 radical (unpaired) electrons. The normalized spacial score (nSPS) is 14.9. The van der Waals surface area contributed by atoms with Crippen molar-refractivity contribution < 1.29 is 9.47 Å². The molecule has 1 N–H and O–H groups in total. The van der Waals surface area contributed by atoms with E-state index in [1.807, 2.05) is 36.4 Å². The number of nitrogens with one attached hydrogen (secondary N) is 1. The minimum absolute atomic E-state index is 0. The van der Waals surface area contributed by atoms with Crippen LogP contribution >= 0.6 is 24.0 Å². The number of ether oxygens (including phenoxy) is 2. The maximum atomic E-state index is 6.08. The number of guanidine groups is 1. The van der Waals surface area contributed by atoms with Crippen LogP contribution in [0.4, 0.5) is 0 Å². The molecule has 1 heterocycles. The molecule has 1 aliphatic rings. The van der Waals surface area contributed by atoms with E-state index in [4.69, 9.17) is 14.5 Å². The summed E-state index contributed by atoms with van der Waals surface area (Å²) in [4.78, 5) is 7.12. The second-order valence-corrected chi connectivity index (χ2v) is 7.09. The van der Waals surface area contributed by atoms with Gasteiger partial charge >= 0.3 is 0 Å². The minimum Gasteiger partial charge on any atom is -0.491 e. The number of piperidine rings is 1. The van der Waals surface area contributed by atoms with Crippen molar-refractivity contribution in [2.75, 3.05) is 39.4 Å². The third kappa shape index (κ3) is 7.16. The summed E-state index contributed by atoms with van der Waals surface area (Å²) in [6, 6.07) is 18.5. The third-order valence-corrected chi connectivity index (χ3v) is 5.06. The standard InChI is InChI=1S/C24H33N3O2.HI/c1-3-25-24(27-17-14-21(15-18-27)28-4-2)26-16-19-29-23-13-9-8-12-22(23)20-10-6-5-7-11-20;/h5-13,21H,3-4,14-19H2,1-2H3,(H,25,26);1H. The number of nitrogens with zero attached hydrogens (tertiary/aromatic N) is 2. The Morgan fingerprint density at radius 1 is 1.03 bits per heavy atom. The van der Waals surface area contributed by atoms with Crippen LogP contribution < -0.4 is 10.1 Å². The van der Waals surface area contributed by atoms with Crippen molar-refractivity contribution in [3.63, 3.8) is 0 Å². The zero-order valence-electron chi connectivity index (χ0n) is 18.0. The van der Waals surface area contributed by atoms with E-state index < -0.39 is 0 Å². The summed E-state index contributed by atoms with van der Waals surface area (Å²) in [5.74, 6) is 1.87. The number of hydrogen-bond acceptors (Lipinski definition) is 3. The largest absolute Gasteiger partial charge is 0.491 e. The number of para-hydroxylation sites is 1. The molecule has 1 aliphatic heterocycles. The van der Waals surface area contributed by atoms with Crippen molar-refractivity contribution >= 4 is 29.9 Å². The first-order chi connectivity index (χ1) is 14.3. The van der Waals surface area contributed by atoms with E-state index in [2.05, 4.69) is 42.3 Å². The maximum Gasteiger partial charge on any atom is 0.194 e. The minimum atomic E-state index is 0. The fraction of sp³-hybridized carbons (Fsp3) is 0.458. The van der Waals surface area contributed by atoms with Crippen LogP contribution in [0.1, 0.15) is 26.7 Å². The van der Waals surface area contributed by atoms with Crippen LogP contribution in [0, 0.1) is 0 Å². The van der Waals surface area contributed by atoms with E-state index >= 15 is 0 Å². The van der Waals surface area contributed by atoms with E-state index in [1.54, 1.807) is 0 Å². The zero-order valence-corrected chi connectivity index (χ0v) is 20.4. The molecular formula is C24H34IN3O2. The van der Waals surface area contributed by atoms with Gasteiger partial charge in [-0.05, 0) is 38.3 Å². The maximum absolute atomic E-state index is 6.08. The van der Waals surface area contributed by atoms with E-state index in [0.29, 0.717) is 19.3 Å². The van der Waals surface area contributed by atoms with Crippen LogP contribution in [0.5, 0.6) is 5.75 Å². The van der Waals surface area contributed by atoms with Crippen LogP contribution in [0.15, 0.2) is 59.6 Å². The van der Waals surface area contributed by atoms with Crippen LogP contribution in [0.2, 0.25) is 0 Å². The molecule has 5 nitrogen and oxygen atoms in total. The zero-order chi connectivity index (χ0) is 20.3. The highest BCUT2D eigenvalue weighted by atomic mass is 127. The number of likely N-dealkylation sites (tertiary alicyclic amines) is 1. The Morgan fingerprint density at radius 2 is 1.73 bits per heavy atom. The summed E-state index contributed by atoms with van der Waals surface area (Å²) >= 11 is 0. The lowest BCUT2D eigenvalue weighted by Gasteiger charge is -2.34.